The number of hydrogen-bond acceptors (Lipinski definition) is 5. The summed E-state index contributed by atoms with van der Waals surface area (Å²) in [6.45, 7) is 3.02. The number of methoxy groups -OCH3 is 1. The molecule has 1 fully saturated rings. The Labute approximate surface area is 153 Å². The lowest BCUT2D eigenvalue weighted by molar-refractivity contribution is 0.255. The predicted molar refractivity (Wildman–Crippen MR) is 95.4 cm³/mol. The van der Waals surface area contributed by atoms with Crippen LogP contribution < -0.4 is 4.74 Å². The van der Waals surface area contributed by atoms with Gasteiger partial charge < -0.3 is 9.15 Å². The zero-order valence-electron chi connectivity index (χ0n) is 14.0. The summed E-state index contributed by atoms with van der Waals surface area (Å²) in [7, 11) is -2.21. The van der Waals surface area contributed by atoms with Crippen molar-refractivity contribution in [1.82, 2.24) is 9.21 Å². The van der Waals surface area contributed by atoms with Gasteiger partial charge in [0.05, 0.1) is 19.9 Å². The first-order valence-electron chi connectivity index (χ1n) is 8.09. The molecule has 0 bridgehead atoms. The first-order chi connectivity index (χ1) is 12.0. The van der Waals surface area contributed by atoms with Gasteiger partial charge in [-0.1, -0.05) is 11.6 Å². The number of hydrogen-bond donors (Lipinski definition) is 0. The standard InChI is InChI=1S/C17H21ClN2O4S/c1-23-16-6-5-14(18)12-17(16)25(21,22)20-8-3-7-19(9-10-20)13-15-4-2-11-24-15/h2,4-6,11-12H,3,7-10,13H2,1H3. The van der Waals surface area contributed by atoms with Crippen LogP contribution in [0.5, 0.6) is 5.75 Å². The van der Waals surface area contributed by atoms with Crippen molar-refractivity contribution in [2.75, 3.05) is 33.3 Å². The van der Waals surface area contributed by atoms with Crippen LogP contribution in [0.4, 0.5) is 0 Å². The fourth-order valence-electron chi connectivity index (χ4n) is 2.96. The van der Waals surface area contributed by atoms with Gasteiger partial charge in [-0.3, -0.25) is 4.90 Å². The van der Waals surface area contributed by atoms with Crippen LogP contribution in [0, 0.1) is 0 Å². The van der Waals surface area contributed by atoms with Gasteiger partial charge in [0.1, 0.15) is 16.4 Å². The Morgan fingerprint density at radius 3 is 2.76 bits per heavy atom. The maximum Gasteiger partial charge on any atom is 0.246 e. The van der Waals surface area contributed by atoms with E-state index in [0.717, 1.165) is 18.7 Å². The monoisotopic (exact) mass is 384 g/mol. The van der Waals surface area contributed by atoms with Crippen molar-refractivity contribution in [2.45, 2.75) is 17.9 Å². The average Bonchev–Trinajstić information content (AvgIpc) is 2.98. The van der Waals surface area contributed by atoms with Gasteiger partial charge in [0, 0.05) is 24.7 Å². The van der Waals surface area contributed by atoms with Crippen LogP contribution in [0.2, 0.25) is 5.02 Å². The lowest BCUT2D eigenvalue weighted by Gasteiger charge is -2.22. The van der Waals surface area contributed by atoms with Gasteiger partial charge in [-0.2, -0.15) is 4.31 Å². The van der Waals surface area contributed by atoms with E-state index in [1.165, 1.54) is 17.5 Å². The molecule has 0 unspecified atom stereocenters. The first kappa shape index (κ1) is 18.3. The topological polar surface area (TPSA) is 63.0 Å². The van der Waals surface area contributed by atoms with Crippen molar-refractivity contribution in [2.24, 2.45) is 0 Å². The number of sulfonamides is 1. The number of nitrogens with zero attached hydrogens (tertiary/aromatic N) is 2. The number of rotatable bonds is 5. The van der Waals surface area contributed by atoms with Crippen molar-refractivity contribution in [3.63, 3.8) is 0 Å². The van der Waals surface area contributed by atoms with Crippen molar-refractivity contribution < 1.29 is 17.6 Å². The van der Waals surface area contributed by atoms with E-state index in [9.17, 15) is 8.42 Å². The van der Waals surface area contributed by atoms with Crippen LogP contribution in [0.15, 0.2) is 45.9 Å². The van der Waals surface area contributed by atoms with Crippen LogP contribution in [-0.2, 0) is 16.6 Å². The molecular formula is C17H21ClN2O4S. The second-order valence-electron chi connectivity index (χ2n) is 5.91. The van der Waals surface area contributed by atoms with E-state index in [0.29, 0.717) is 37.0 Å². The highest BCUT2D eigenvalue weighted by molar-refractivity contribution is 7.89. The fraction of sp³-hybridized carbons (Fsp3) is 0.412. The largest absolute Gasteiger partial charge is 0.495 e. The molecule has 136 valence electrons. The lowest BCUT2D eigenvalue weighted by Crippen LogP contribution is -2.35. The molecule has 0 atom stereocenters. The minimum absolute atomic E-state index is 0.113. The van der Waals surface area contributed by atoms with E-state index < -0.39 is 10.0 Å². The van der Waals surface area contributed by atoms with Crippen LogP contribution in [0.1, 0.15) is 12.2 Å². The highest BCUT2D eigenvalue weighted by atomic mass is 35.5. The second kappa shape index (κ2) is 7.78. The Balaban J connectivity index is 1.76. The molecule has 8 heteroatoms. The summed E-state index contributed by atoms with van der Waals surface area (Å²) in [4.78, 5) is 2.31. The molecule has 1 aliphatic rings. The third-order valence-corrected chi connectivity index (χ3v) is 6.41. The van der Waals surface area contributed by atoms with Crippen molar-refractivity contribution in [3.8, 4) is 5.75 Å². The summed E-state index contributed by atoms with van der Waals surface area (Å²) in [5.74, 6) is 1.19. The highest BCUT2D eigenvalue weighted by Gasteiger charge is 2.29. The summed E-state index contributed by atoms with van der Waals surface area (Å²) in [5, 5.41) is 0.369. The summed E-state index contributed by atoms with van der Waals surface area (Å²) >= 11 is 6.00. The average molecular weight is 385 g/mol. The molecule has 2 heterocycles. The summed E-state index contributed by atoms with van der Waals surface area (Å²) in [6.07, 6.45) is 2.40. The molecule has 1 aromatic carbocycles. The number of halogens is 1. The van der Waals surface area contributed by atoms with Crippen molar-refractivity contribution in [3.05, 3.63) is 47.4 Å². The Morgan fingerprint density at radius 2 is 2.04 bits per heavy atom. The predicted octanol–water partition coefficient (Wildman–Crippen LogP) is 2.84. The number of benzene rings is 1. The van der Waals surface area contributed by atoms with Gasteiger partial charge >= 0.3 is 0 Å². The van der Waals surface area contributed by atoms with E-state index in [1.807, 2.05) is 12.1 Å². The van der Waals surface area contributed by atoms with Crippen molar-refractivity contribution >= 4 is 21.6 Å². The molecule has 6 nitrogen and oxygen atoms in total. The molecule has 2 aromatic rings. The Morgan fingerprint density at radius 1 is 1.20 bits per heavy atom. The minimum Gasteiger partial charge on any atom is -0.495 e. The third kappa shape index (κ3) is 4.17. The fourth-order valence-corrected chi connectivity index (χ4v) is 4.85. The Hall–Kier alpha value is -1.54. The van der Waals surface area contributed by atoms with Crippen LogP contribution in [0.25, 0.3) is 0 Å². The maximum absolute atomic E-state index is 13.0. The van der Waals surface area contributed by atoms with Gasteiger partial charge in [0.15, 0.2) is 0 Å². The van der Waals surface area contributed by atoms with E-state index >= 15 is 0 Å². The van der Waals surface area contributed by atoms with Crippen LogP contribution in [0.3, 0.4) is 0 Å². The van der Waals surface area contributed by atoms with Gasteiger partial charge in [0.25, 0.3) is 0 Å². The quantitative estimate of drug-likeness (QED) is 0.793. The molecular weight excluding hydrogens is 364 g/mol. The molecule has 3 rings (SSSR count). The number of furan rings is 1. The normalized spacial score (nSPS) is 17.4. The molecule has 0 N–H and O–H groups in total. The molecule has 0 amide bonds. The van der Waals surface area contributed by atoms with E-state index in [4.69, 9.17) is 20.8 Å². The molecule has 1 aromatic heterocycles. The summed E-state index contributed by atoms with van der Waals surface area (Å²) < 4.78 is 38.2. The van der Waals surface area contributed by atoms with Gasteiger partial charge in [-0.05, 0) is 43.3 Å². The first-order valence-corrected chi connectivity index (χ1v) is 9.91. The maximum atomic E-state index is 13.0. The third-order valence-electron chi connectivity index (χ3n) is 4.25. The zero-order valence-corrected chi connectivity index (χ0v) is 15.6. The SMILES string of the molecule is COc1ccc(Cl)cc1S(=O)(=O)N1CCCN(Cc2ccco2)CC1. The minimum atomic E-state index is -3.66. The number of ether oxygens (including phenoxy) is 1. The van der Waals surface area contributed by atoms with Crippen molar-refractivity contribution in [1.29, 1.82) is 0 Å². The van der Waals surface area contributed by atoms with E-state index in [1.54, 1.807) is 18.4 Å². The molecule has 1 saturated heterocycles. The van der Waals surface area contributed by atoms with Gasteiger partial charge in [0.2, 0.25) is 10.0 Å². The Kier molecular flexibility index (Phi) is 5.68. The molecule has 25 heavy (non-hydrogen) atoms. The van der Waals surface area contributed by atoms with Gasteiger partial charge in [-0.25, -0.2) is 8.42 Å². The highest BCUT2D eigenvalue weighted by Crippen LogP contribution is 2.30. The molecule has 0 radical (unpaired) electrons. The molecule has 0 spiro atoms. The smallest absolute Gasteiger partial charge is 0.246 e. The lowest BCUT2D eigenvalue weighted by atomic mass is 10.3. The van der Waals surface area contributed by atoms with Gasteiger partial charge in [-0.15, -0.1) is 0 Å². The molecule has 0 aliphatic carbocycles. The summed E-state index contributed by atoms with van der Waals surface area (Å²) in [6, 6.07) is 8.43. The van der Waals surface area contributed by atoms with Crippen LogP contribution in [-0.4, -0.2) is 50.9 Å². The van der Waals surface area contributed by atoms with E-state index in [-0.39, 0.29) is 4.90 Å². The van der Waals surface area contributed by atoms with E-state index in [2.05, 4.69) is 4.90 Å². The second-order valence-corrected chi connectivity index (χ2v) is 8.25. The molecule has 0 saturated carbocycles. The zero-order chi connectivity index (χ0) is 17.9. The molecule has 1 aliphatic heterocycles. The van der Waals surface area contributed by atoms with Crippen LogP contribution >= 0.6 is 11.6 Å². The summed E-state index contributed by atoms with van der Waals surface area (Å²) in [5.41, 5.74) is 0. The Bertz CT molecular complexity index is 808.